The highest BCUT2D eigenvalue weighted by Crippen LogP contribution is 2.45. The smallest absolute Gasteiger partial charge is 0.251 e. The number of hydrogen-bond donors (Lipinski definition) is 1. The van der Waals surface area contributed by atoms with Gasteiger partial charge in [0.1, 0.15) is 0 Å². The summed E-state index contributed by atoms with van der Waals surface area (Å²) in [6.45, 7) is 5.39. The van der Waals surface area contributed by atoms with Crippen LogP contribution in [-0.2, 0) is 0 Å². The summed E-state index contributed by atoms with van der Waals surface area (Å²) in [7, 11) is 0. The van der Waals surface area contributed by atoms with Crippen molar-refractivity contribution in [1.29, 1.82) is 0 Å². The van der Waals surface area contributed by atoms with Gasteiger partial charge in [0.15, 0.2) is 0 Å². The zero-order chi connectivity index (χ0) is 16.8. The number of carbonyl (C=O) groups excluding carboxylic acids is 1. The first-order valence-corrected chi connectivity index (χ1v) is 11.2. The number of rotatable bonds is 6. The number of nitrogens with zero attached hydrogens (tertiary/aromatic N) is 1. The van der Waals surface area contributed by atoms with E-state index in [0.717, 1.165) is 25.1 Å². The number of benzene rings is 1. The van der Waals surface area contributed by atoms with Crippen LogP contribution in [0.4, 0.5) is 0 Å². The van der Waals surface area contributed by atoms with E-state index in [1.54, 1.807) is 0 Å². The van der Waals surface area contributed by atoms with Crippen LogP contribution >= 0.6 is 23.5 Å². The molecule has 0 bridgehead atoms. The fraction of sp³-hybridized carbons (Fsp3) is 0.632. The first-order valence-electron chi connectivity index (χ1n) is 9.09. The van der Waals surface area contributed by atoms with E-state index < -0.39 is 0 Å². The number of piperidine rings is 1. The lowest BCUT2D eigenvalue weighted by atomic mass is 10.0. The fourth-order valence-electron chi connectivity index (χ4n) is 3.42. The van der Waals surface area contributed by atoms with E-state index in [2.05, 4.69) is 29.3 Å². The molecule has 2 aliphatic rings. The minimum absolute atomic E-state index is 0.0555. The first-order chi connectivity index (χ1) is 11.7. The summed E-state index contributed by atoms with van der Waals surface area (Å²) in [5.41, 5.74) is 2.11. The summed E-state index contributed by atoms with van der Waals surface area (Å²) in [5.74, 6) is 2.51. The molecule has 0 aliphatic carbocycles. The Labute approximate surface area is 154 Å². The summed E-state index contributed by atoms with van der Waals surface area (Å²) in [5, 5.41) is 3.07. The highest BCUT2D eigenvalue weighted by atomic mass is 32.2. The lowest BCUT2D eigenvalue weighted by Crippen LogP contribution is -2.39. The predicted octanol–water partition coefficient (Wildman–Crippen LogP) is 4.16. The van der Waals surface area contributed by atoms with Gasteiger partial charge in [0.2, 0.25) is 0 Å². The number of likely N-dealkylation sites (tertiary alicyclic amines) is 1. The second-order valence-corrected chi connectivity index (χ2v) is 9.41. The van der Waals surface area contributed by atoms with Gasteiger partial charge in [-0.25, -0.2) is 0 Å². The standard InChI is InChI=1S/C19H28N2OS2/c1-15-5-2-3-11-21(15)12-4-10-20-18(22)16-6-8-17(9-7-16)19-23-13-14-24-19/h6-9,15,19H,2-5,10-14H2,1H3,(H,20,22)/t15-/m1/s1. The Morgan fingerprint density at radius 3 is 2.67 bits per heavy atom. The van der Waals surface area contributed by atoms with Crippen molar-refractivity contribution >= 4 is 29.4 Å². The summed E-state index contributed by atoms with van der Waals surface area (Å²) in [4.78, 5) is 14.8. The van der Waals surface area contributed by atoms with Crippen molar-refractivity contribution in [2.45, 2.75) is 43.2 Å². The van der Waals surface area contributed by atoms with Gasteiger partial charge >= 0.3 is 0 Å². The van der Waals surface area contributed by atoms with E-state index in [4.69, 9.17) is 0 Å². The van der Waals surface area contributed by atoms with Crippen LogP contribution in [0.3, 0.4) is 0 Å². The maximum atomic E-state index is 12.3. The molecule has 3 rings (SSSR count). The zero-order valence-electron chi connectivity index (χ0n) is 14.5. The van der Waals surface area contributed by atoms with Gasteiger partial charge in [-0.2, -0.15) is 0 Å². The monoisotopic (exact) mass is 364 g/mol. The van der Waals surface area contributed by atoms with Crippen molar-refractivity contribution in [3.63, 3.8) is 0 Å². The molecule has 0 aromatic heterocycles. The van der Waals surface area contributed by atoms with E-state index in [0.29, 0.717) is 10.6 Å². The first kappa shape index (κ1) is 18.2. The minimum atomic E-state index is 0.0555. The second kappa shape index (κ2) is 9.16. The third kappa shape index (κ3) is 4.93. The van der Waals surface area contributed by atoms with Crippen LogP contribution < -0.4 is 5.32 Å². The van der Waals surface area contributed by atoms with Gasteiger partial charge < -0.3 is 10.2 Å². The molecule has 0 unspecified atom stereocenters. The normalized spacial score (nSPS) is 22.6. The Bertz CT molecular complexity index is 529. The van der Waals surface area contributed by atoms with Crippen LogP contribution in [0.5, 0.6) is 0 Å². The molecule has 2 fully saturated rings. The lowest BCUT2D eigenvalue weighted by molar-refractivity contribution is 0.0949. The average molecular weight is 365 g/mol. The van der Waals surface area contributed by atoms with Crippen LogP contribution in [0, 0.1) is 0 Å². The fourth-order valence-corrected chi connectivity index (χ4v) is 6.28. The van der Waals surface area contributed by atoms with E-state index in [9.17, 15) is 4.79 Å². The molecule has 132 valence electrons. The number of carbonyl (C=O) groups is 1. The van der Waals surface area contributed by atoms with Gasteiger partial charge in [-0.3, -0.25) is 4.79 Å². The van der Waals surface area contributed by atoms with Crippen molar-refractivity contribution in [2.75, 3.05) is 31.1 Å². The van der Waals surface area contributed by atoms with Crippen molar-refractivity contribution in [3.8, 4) is 0 Å². The molecule has 1 N–H and O–H groups in total. The molecule has 3 nitrogen and oxygen atoms in total. The summed E-state index contributed by atoms with van der Waals surface area (Å²) >= 11 is 4.00. The number of amides is 1. The lowest BCUT2D eigenvalue weighted by Gasteiger charge is -2.33. The molecule has 1 amide bonds. The van der Waals surface area contributed by atoms with E-state index in [1.165, 1.54) is 42.9 Å². The molecule has 1 aromatic rings. The van der Waals surface area contributed by atoms with Gasteiger partial charge in [0.25, 0.3) is 5.91 Å². The van der Waals surface area contributed by atoms with Crippen LogP contribution in [0.15, 0.2) is 24.3 Å². The van der Waals surface area contributed by atoms with Gasteiger partial charge in [-0.15, -0.1) is 23.5 Å². The Kier molecular flexibility index (Phi) is 6.93. The molecule has 2 saturated heterocycles. The molecule has 1 aromatic carbocycles. The third-order valence-corrected chi connectivity index (χ3v) is 8.02. The quantitative estimate of drug-likeness (QED) is 0.768. The molecular weight excluding hydrogens is 336 g/mol. The topological polar surface area (TPSA) is 32.3 Å². The Morgan fingerprint density at radius 2 is 1.96 bits per heavy atom. The van der Waals surface area contributed by atoms with Gasteiger partial charge in [-0.1, -0.05) is 18.6 Å². The summed E-state index contributed by atoms with van der Waals surface area (Å²) in [6.07, 6.45) is 5.03. The molecule has 24 heavy (non-hydrogen) atoms. The van der Waals surface area contributed by atoms with Crippen LogP contribution in [0.2, 0.25) is 0 Å². The zero-order valence-corrected chi connectivity index (χ0v) is 16.1. The molecule has 2 heterocycles. The summed E-state index contributed by atoms with van der Waals surface area (Å²) < 4.78 is 0.550. The predicted molar refractivity (Wildman–Crippen MR) is 106 cm³/mol. The molecule has 1 atom stereocenters. The number of thioether (sulfide) groups is 2. The largest absolute Gasteiger partial charge is 0.352 e. The molecule has 2 aliphatic heterocycles. The minimum Gasteiger partial charge on any atom is -0.352 e. The van der Waals surface area contributed by atoms with E-state index >= 15 is 0 Å². The molecular formula is C19H28N2OS2. The van der Waals surface area contributed by atoms with Crippen LogP contribution in [0.1, 0.15) is 53.1 Å². The number of hydrogen-bond acceptors (Lipinski definition) is 4. The second-order valence-electron chi connectivity index (χ2n) is 6.69. The SMILES string of the molecule is C[C@@H]1CCCCN1CCCNC(=O)c1ccc(C2SCCS2)cc1. The molecule has 0 radical (unpaired) electrons. The van der Waals surface area contributed by atoms with Gasteiger partial charge in [0, 0.05) is 36.2 Å². The van der Waals surface area contributed by atoms with Gasteiger partial charge in [0.05, 0.1) is 4.58 Å². The molecule has 0 spiro atoms. The molecule has 5 heteroatoms. The number of nitrogens with one attached hydrogen (secondary N) is 1. The van der Waals surface area contributed by atoms with E-state index in [-0.39, 0.29) is 5.91 Å². The maximum Gasteiger partial charge on any atom is 0.251 e. The maximum absolute atomic E-state index is 12.3. The van der Waals surface area contributed by atoms with Crippen molar-refractivity contribution in [1.82, 2.24) is 10.2 Å². The summed E-state index contributed by atoms with van der Waals surface area (Å²) in [6, 6.07) is 8.86. The van der Waals surface area contributed by atoms with E-state index in [1.807, 2.05) is 35.7 Å². The van der Waals surface area contributed by atoms with Crippen molar-refractivity contribution in [3.05, 3.63) is 35.4 Å². The Balaban J connectivity index is 1.40. The third-order valence-electron chi connectivity index (χ3n) is 4.92. The van der Waals surface area contributed by atoms with Crippen molar-refractivity contribution in [2.24, 2.45) is 0 Å². The average Bonchev–Trinajstić information content (AvgIpc) is 3.15. The van der Waals surface area contributed by atoms with Crippen LogP contribution in [-0.4, -0.2) is 48.0 Å². The Morgan fingerprint density at radius 1 is 1.21 bits per heavy atom. The Hall–Kier alpha value is -0.650. The van der Waals surface area contributed by atoms with Crippen molar-refractivity contribution < 1.29 is 4.79 Å². The highest BCUT2D eigenvalue weighted by molar-refractivity contribution is 8.19. The highest BCUT2D eigenvalue weighted by Gasteiger charge is 2.19. The molecule has 0 saturated carbocycles. The van der Waals surface area contributed by atoms with Crippen LogP contribution in [0.25, 0.3) is 0 Å². The van der Waals surface area contributed by atoms with Gasteiger partial charge in [-0.05, 0) is 50.4 Å².